The maximum absolute atomic E-state index is 12.4. The van der Waals surface area contributed by atoms with Crippen LogP contribution in [0.5, 0.6) is 5.75 Å². The van der Waals surface area contributed by atoms with Gasteiger partial charge in [0.05, 0.1) is 6.42 Å². The number of aromatic nitrogens is 1. The van der Waals surface area contributed by atoms with Crippen molar-refractivity contribution in [2.75, 3.05) is 0 Å². The molecule has 4 rings (SSSR count). The van der Waals surface area contributed by atoms with Crippen molar-refractivity contribution in [3.8, 4) is 5.75 Å². The van der Waals surface area contributed by atoms with E-state index in [0.29, 0.717) is 19.6 Å². The monoisotopic (exact) mass is 382 g/mol. The molecule has 0 saturated heterocycles. The fourth-order valence-electron chi connectivity index (χ4n) is 3.24. The average molecular weight is 382 g/mol. The number of nitrogens with zero attached hydrogens (tertiary/aromatic N) is 1. The molecule has 1 N–H and O–H groups in total. The molecule has 0 bridgehead atoms. The van der Waals surface area contributed by atoms with E-state index in [4.69, 9.17) is 4.74 Å². The van der Waals surface area contributed by atoms with Crippen LogP contribution in [0.25, 0.3) is 10.8 Å². The topological polar surface area (TPSA) is 51.2 Å². The van der Waals surface area contributed by atoms with Crippen LogP contribution < -0.4 is 10.1 Å². The van der Waals surface area contributed by atoms with Crippen LogP contribution in [-0.2, 0) is 24.4 Å². The molecule has 4 heteroatoms. The molecule has 1 amide bonds. The lowest BCUT2D eigenvalue weighted by Gasteiger charge is -2.09. The van der Waals surface area contributed by atoms with Gasteiger partial charge in [-0.15, -0.1) is 0 Å². The molecule has 0 aliphatic carbocycles. The van der Waals surface area contributed by atoms with Gasteiger partial charge in [0.1, 0.15) is 12.4 Å². The number of rotatable bonds is 7. The molecule has 0 radical (unpaired) electrons. The van der Waals surface area contributed by atoms with Crippen molar-refractivity contribution >= 4 is 16.7 Å². The Balaban J connectivity index is 1.30. The summed E-state index contributed by atoms with van der Waals surface area (Å²) >= 11 is 0. The summed E-state index contributed by atoms with van der Waals surface area (Å²) < 4.78 is 5.77. The summed E-state index contributed by atoms with van der Waals surface area (Å²) in [5.41, 5.74) is 3.10. The molecular formula is C25H22N2O2. The van der Waals surface area contributed by atoms with Crippen molar-refractivity contribution in [2.45, 2.75) is 19.6 Å². The molecule has 3 aromatic carbocycles. The van der Waals surface area contributed by atoms with Crippen molar-refractivity contribution < 1.29 is 9.53 Å². The van der Waals surface area contributed by atoms with Gasteiger partial charge in [-0.2, -0.15) is 0 Å². The number of carbonyl (C=O) groups excluding carboxylic acids is 1. The van der Waals surface area contributed by atoms with Gasteiger partial charge in [0.25, 0.3) is 0 Å². The van der Waals surface area contributed by atoms with Crippen LogP contribution in [0.15, 0.2) is 91.3 Å². The van der Waals surface area contributed by atoms with E-state index < -0.39 is 0 Å². The van der Waals surface area contributed by atoms with E-state index in [9.17, 15) is 4.79 Å². The van der Waals surface area contributed by atoms with Crippen LogP contribution >= 0.6 is 0 Å². The summed E-state index contributed by atoms with van der Waals surface area (Å²) in [4.78, 5) is 16.5. The molecule has 0 aliphatic heterocycles. The van der Waals surface area contributed by atoms with Gasteiger partial charge in [-0.25, -0.2) is 0 Å². The number of nitrogens with one attached hydrogen (secondary N) is 1. The molecule has 0 aliphatic rings. The fourth-order valence-corrected chi connectivity index (χ4v) is 3.24. The van der Waals surface area contributed by atoms with Crippen LogP contribution in [0.1, 0.15) is 16.7 Å². The standard InChI is InChI=1S/C25H22N2O2/c28-25(15-22-8-3-7-21-6-1-2-9-24(21)22)27-17-19-10-12-23(13-11-19)29-18-20-5-4-14-26-16-20/h1-14,16H,15,17-18H2,(H,27,28). The van der Waals surface area contributed by atoms with Gasteiger partial charge in [0.2, 0.25) is 5.91 Å². The lowest BCUT2D eigenvalue weighted by atomic mass is 10.0. The van der Waals surface area contributed by atoms with Gasteiger partial charge >= 0.3 is 0 Å². The van der Waals surface area contributed by atoms with E-state index in [1.165, 1.54) is 0 Å². The second-order valence-electron chi connectivity index (χ2n) is 6.89. The van der Waals surface area contributed by atoms with Gasteiger partial charge in [-0.3, -0.25) is 9.78 Å². The van der Waals surface area contributed by atoms with Crippen LogP contribution in [0.2, 0.25) is 0 Å². The predicted molar refractivity (Wildman–Crippen MR) is 115 cm³/mol. The molecule has 1 aromatic heterocycles. The van der Waals surface area contributed by atoms with E-state index in [2.05, 4.69) is 28.5 Å². The fraction of sp³-hybridized carbons (Fsp3) is 0.120. The van der Waals surface area contributed by atoms with Crippen LogP contribution in [0.4, 0.5) is 0 Å². The highest BCUT2D eigenvalue weighted by Crippen LogP contribution is 2.19. The molecular weight excluding hydrogens is 360 g/mol. The zero-order chi connectivity index (χ0) is 19.9. The van der Waals surface area contributed by atoms with Gasteiger partial charge in [-0.05, 0) is 40.1 Å². The Morgan fingerprint density at radius 2 is 1.69 bits per heavy atom. The highest BCUT2D eigenvalue weighted by molar-refractivity contribution is 5.90. The Bertz CT molecular complexity index is 1090. The third-order valence-electron chi connectivity index (χ3n) is 4.77. The minimum Gasteiger partial charge on any atom is -0.489 e. The molecule has 4 nitrogen and oxygen atoms in total. The zero-order valence-electron chi connectivity index (χ0n) is 16.0. The maximum Gasteiger partial charge on any atom is 0.224 e. The first kappa shape index (κ1) is 18.7. The molecule has 0 atom stereocenters. The average Bonchev–Trinajstić information content (AvgIpc) is 2.78. The lowest BCUT2D eigenvalue weighted by molar-refractivity contribution is -0.120. The summed E-state index contributed by atoms with van der Waals surface area (Å²) in [5.74, 6) is 0.804. The molecule has 4 aromatic rings. The van der Waals surface area contributed by atoms with Gasteiger partial charge in [-0.1, -0.05) is 60.7 Å². The SMILES string of the molecule is O=C(Cc1cccc2ccccc12)NCc1ccc(OCc2cccnc2)cc1. The smallest absolute Gasteiger partial charge is 0.224 e. The van der Waals surface area contributed by atoms with Crippen LogP contribution in [0, 0.1) is 0 Å². The first-order valence-electron chi connectivity index (χ1n) is 9.62. The van der Waals surface area contributed by atoms with Crippen molar-refractivity contribution in [1.29, 1.82) is 0 Å². The third kappa shape index (κ3) is 4.99. The van der Waals surface area contributed by atoms with E-state index >= 15 is 0 Å². The highest BCUT2D eigenvalue weighted by Gasteiger charge is 2.07. The van der Waals surface area contributed by atoms with Crippen LogP contribution in [0.3, 0.4) is 0 Å². The second-order valence-corrected chi connectivity index (χ2v) is 6.89. The van der Waals surface area contributed by atoms with Crippen molar-refractivity contribution in [3.63, 3.8) is 0 Å². The number of benzene rings is 3. The van der Waals surface area contributed by atoms with Gasteiger partial charge in [0, 0.05) is 24.5 Å². The third-order valence-corrected chi connectivity index (χ3v) is 4.77. The molecule has 29 heavy (non-hydrogen) atoms. The number of ether oxygens (including phenoxy) is 1. The molecule has 0 spiro atoms. The van der Waals surface area contributed by atoms with Crippen LogP contribution in [-0.4, -0.2) is 10.9 Å². The summed E-state index contributed by atoms with van der Waals surface area (Å²) in [7, 11) is 0. The molecule has 144 valence electrons. The number of carbonyl (C=O) groups is 1. The molecule has 0 fully saturated rings. The van der Waals surface area contributed by atoms with E-state index in [1.807, 2.05) is 60.7 Å². The highest BCUT2D eigenvalue weighted by atomic mass is 16.5. The Kier molecular flexibility index (Phi) is 5.81. The summed E-state index contributed by atoms with van der Waals surface area (Å²) in [6.07, 6.45) is 3.90. The number of hydrogen-bond donors (Lipinski definition) is 1. The van der Waals surface area contributed by atoms with E-state index in [1.54, 1.807) is 12.4 Å². The zero-order valence-corrected chi connectivity index (χ0v) is 16.0. The second kappa shape index (κ2) is 9.02. The van der Waals surface area contributed by atoms with E-state index in [-0.39, 0.29) is 5.91 Å². The Hall–Kier alpha value is -3.66. The Morgan fingerprint density at radius 1 is 0.862 bits per heavy atom. The van der Waals surface area contributed by atoms with Gasteiger partial charge < -0.3 is 10.1 Å². The lowest BCUT2D eigenvalue weighted by Crippen LogP contribution is -2.24. The first-order valence-corrected chi connectivity index (χ1v) is 9.62. The summed E-state index contributed by atoms with van der Waals surface area (Å²) in [6, 6.07) is 25.9. The minimum absolute atomic E-state index is 0.0123. The Labute approximate surface area is 170 Å². The van der Waals surface area contributed by atoms with E-state index in [0.717, 1.165) is 33.2 Å². The van der Waals surface area contributed by atoms with Crippen molar-refractivity contribution in [2.24, 2.45) is 0 Å². The molecule has 0 saturated carbocycles. The number of hydrogen-bond acceptors (Lipinski definition) is 3. The number of amides is 1. The number of fused-ring (bicyclic) bond motifs is 1. The first-order chi connectivity index (χ1) is 14.3. The summed E-state index contributed by atoms with van der Waals surface area (Å²) in [6.45, 7) is 0.974. The summed E-state index contributed by atoms with van der Waals surface area (Å²) in [5, 5.41) is 5.28. The largest absolute Gasteiger partial charge is 0.489 e. The quantitative estimate of drug-likeness (QED) is 0.505. The molecule has 1 heterocycles. The Morgan fingerprint density at radius 3 is 2.52 bits per heavy atom. The number of pyridine rings is 1. The maximum atomic E-state index is 12.4. The minimum atomic E-state index is 0.0123. The predicted octanol–water partition coefficient (Wildman–Crippen LogP) is 4.67. The molecule has 0 unspecified atom stereocenters. The van der Waals surface area contributed by atoms with Gasteiger partial charge in [0.15, 0.2) is 0 Å². The van der Waals surface area contributed by atoms with Crippen molar-refractivity contribution in [1.82, 2.24) is 10.3 Å². The normalized spacial score (nSPS) is 10.6. The van der Waals surface area contributed by atoms with Crippen molar-refractivity contribution in [3.05, 3.63) is 108 Å².